The number of rotatable bonds is 1. The number of para-hydroxylation sites is 1. The van der Waals surface area contributed by atoms with Crippen LogP contribution >= 0.6 is 0 Å². The Morgan fingerprint density at radius 2 is 2.06 bits per heavy atom. The average Bonchev–Trinajstić information content (AvgIpc) is 2.83. The minimum atomic E-state index is 0. The van der Waals surface area contributed by atoms with E-state index in [2.05, 4.69) is 5.16 Å². The summed E-state index contributed by atoms with van der Waals surface area (Å²) in [5.41, 5.74) is 0.809. The molecule has 0 spiro atoms. The first-order chi connectivity index (χ1) is 7.34. The van der Waals surface area contributed by atoms with Crippen molar-refractivity contribution in [2.75, 3.05) is 11.9 Å². The number of nitrogens with zero attached hydrogens (tertiary/aromatic N) is 3. The minimum Gasteiger partial charge on any atom is -0.406 e. The largest absolute Gasteiger partial charge is 0.406 e. The van der Waals surface area contributed by atoms with Crippen molar-refractivity contribution in [3.8, 4) is 0 Å². The van der Waals surface area contributed by atoms with Crippen molar-refractivity contribution in [2.45, 2.75) is 0 Å². The van der Waals surface area contributed by atoms with Gasteiger partial charge >= 0.3 is 7.55 Å². The van der Waals surface area contributed by atoms with Crippen molar-refractivity contribution in [2.24, 2.45) is 0 Å². The number of anilines is 1. The third kappa shape index (κ3) is 1.74. The van der Waals surface area contributed by atoms with Crippen LogP contribution in [0.15, 0.2) is 41.2 Å². The molecule has 1 aromatic carbocycles. The summed E-state index contributed by atoms with van der Waals surface area (Å²) in [4.78, 5) is 3.90. The molecule has 82 valence electrons. The molecular formula is C10H9BIrN3O. The van der Waals surface area contributed by atoms with Gasteiger partial charge in [-0.25, -0.2) is 0 Å². The van der Waals surface area contributed by atoms with E-state index in [1.165, 1.54) is 0 Å². The van der Waals surface area contributed by atoms with Crippen LogP contribution in [0.4, 0.5) is 5.82 Å². The SMILES string of the molecule is CN1[B]N(c2noc3ccccc23)C=C1.[Ir]. The monoisotopic (exact) mass is 391 g/mol. The van der Waals surface area contributed by atoms with Crippen LogP contribution in [0.25, 0.3) is 11.0 Å². The molecule has 0 fully saturated rings. The average molecular weight is 390 g/mol. The van der Waals surface area contributed by atoms with Crippen LogP contribution in [0.5, 0.6) is 0 Å². The predicted molar refractivity (Wildman–Crippen MR) is 59.1 cm³/mol. The summed E-state index contributed by atoms with van der Waals surface area (Å²) in [6, 6.07) is 7.83. The molecule has 16 heavy (non-hydrogen) atoms. The molecule has 0 aliphatic carbocycles. The Labute approximate surface area is 108 Å². The maximum atomic E-state index is 5.23. The van der Waals surface area contributed by atoms with Gasteiger partial charge in [-0.1, -0.05) is 17.3 Å². The molecule has 2 heterocycles. The first kappa shape index (κ1) is 11.2. The molecule has 3 rings (SSSR count). The summed E-state index contributed by atoms with van der Waals surface area (Å²) in [7, 11) is 3.92. The molecule has 2 radical (unpaired) electrons. The van der Waals surface area contributed by atoms with E-state index in [0.29, 0.717) is 0 Å². The van der Waals surface area contributed by atoms with Crippen molar-refractivity contribution in [1.82, 2.24) is 9.97 Å². The van der Waals surface area contributed by atoms with Gasteiger partial charge in [-0.05, 0) is 19.2 Å². The Balaban J connectivity index is 0.000000963. The van der Waals surface area contributed by atoms with Crippen molar-refractivity contribution in [3.63, 3.8) is 0 Å². The van der Waals surface area contributed by atoms with E-state index in [4.69, 9.17) is 4.52 Å². The zero-order chi connectivity index (χ0) is 10.3. The molecule has 2 aromatic rings. The first-order valence-electron chi connectivity index (χ1n) is 4.72. The van der Waals surface area contributed by atoms with E-state index in [0.717, 1.165) is 16.8 Å². The Hall–Kier alpha value is -1.26. The molecule has 1 aromatic heterocycles. The molecule has 1 aliphatic heterocycles. The van der Waals surface area contributed by atoms with Gasteiger partial charge in [-0.2, -0.15) is 0 Å². The molecule has 0 N–H and O–H groups in total. The zero-order valence-electron chi connectivity index (χ0n) is 8.62. The molecule has 0 amide bonds. The van der Waals surface area contributed by atoms with E-state index < -0.39 is 0 Å². The summed E-state index contributed by atoms with van der Waals surface area (Å²) in [6.07, 6.45) is 3.91. The van der Waals surface area contributed by atoms with Gasteiger partial charge in [0.25, 0.3) is 0 Å². The summed E-state index contributed by atoms with van der Waals surface area (Å²) < 4.78 is 5.23. The maximum absolute atomic E-state index is 5.23. The number of hydrogen-bond donors (Lipinski definition) is 0. The van der Waals surface area contributed by atoms with Gasteiger partial charge in [0.1, 0.15) is 0 Å². The second-order valence-corrected chi connectivity index (χ2v) is 3.49. The van der Waals surface area contributed by atoms with Crippen LogP contribution in [-0.4, -0.2) is 24.6 Å². The molecule has 0 bridgehead atoms. The second kappa shape index (κ2) is 4.32. The van der Waals surface area contributed by atoms with Crippen LogP contribution in [0, 0.1) is 0 Å². The van der Waals surface area contributed by atoms with Gasteiger partial charge in [0.15, 0.2) is 11.4 Å². The molecule has 1 aliphatic rings. The first-order valence-corrected chi connectivity index (χ1v) is 4.72. The second-order valence-electron chi connectivity index (χ2n) is 3.49. The molecular weight excluding hydrogens is 381 g/mol. The van der Waals surface area contributed by atoms with Crippen LogP contribution in [-0.2, 0) is 20.1 Å². The number of aromatic nitrogens is 1. The van der Waals surface area contributed by atoms with Crippen molar-refractivity contribution >= 4 is 24.3 Å². The fourth-order valence-corrected chi connectivity index (χ4v) is 1.63. The summed E-state index contributed by atoms with van der Waals surface area (Å²) in [5, 5.41) is 5.08. The number of benzene rings is 1. The van der Waals surface area contributed by atoms with Crippen LogP contribution in [0.3, 0.4) is 0 Å². The Bertz CT molecular complexity index is 528. The van der Waals surface area contributed by atoms with Gasteiger partial charge in [0.2, 0.25) is 0 Å². The maximum Gasteiger partial charge on any atom is 0.396 e. The predicted octanol–water partition coefficient (Wildman–Crippen LogP) is 1.58. The smallest absolute Gasteiger partial charge is 0.396 e. The van der Waals surface area contributed by atoms with Gasteiger partial charge in [0, 0.05) is 32.5 Å². The zero-order valence-corrected chi connectivity index (χ0v) is 11.0. The standard InChI is InChI=1S/C10H9BN3O.Ir/c1-13-6-7-14(11-13)10-8-4-2-3-5-9(8)15-12-10;/h2-7H,1H3;. The van der Waals surface area contributed by atoms with Gasteiger partial charge in [-0.15, -0.1) is 0 Å². The van der Waals surface area contributed by atoms with Crippen LogP contribution in [0.1, 0.15) is 0 Å². The van der Waals surface area contributed by atoms with E-state index in [-0.39, 0.29) is 20.1 Å². The van der Waals surface area contributed by atoms with E-state index in [1.54, 1.807) is 0 Å². The summed E-state index contributed by atoms with van der Waals surface area (Å²) >= 11 is 0. The fraction of sp³-hybridized carbons (Fsp3) is 0.100. The van der Waals surface area contributed by atoms with Crippen molar-refractivity contribution in [3.05, 3.63) is 36.7 Å². The Morgan fingerprint density at radius 1 is 1.25 bits per heavy atom. The molecule has 0 atom stereocenters. The van der Waals surface area contributed by atoms with Gasteiger partial charge in [-0.3, -0.25) is 0 Å². The quantitative estimate of drug-likeness (QED) is 0.693. The minimum absolute atomic E-state index is 0. The third-order valence-corrected chi connectivity index (χ3v) is 2.37. The molecule has 0 saturated heterocycles. The van der Waals surface area contributed by atoms with E-state index >= 15 is 0 Å². The third-order valence-electron chi connectivity index (χ3n) is 2.37. The number of hydrogen-bond acceptors (Lipinski definition) is 4. The number of fused-ring (bicyclic) bond motifs is 1. The van der Waals surface area contributed by atoms with Crippen LogP contribution < -0.4 is 4.81 Å². The van der Waals surface area contributed by atoms with Crippen LogP contribution in [0.2, 0.25) is 0 Å². The van der Waals surface area contributed by atoms with Crippen molar-refractivity contribution < 1.29 is 24.6 Å². The van der Waals surface area contributed by atoms with Gasteiger partial charge < -0.3 is 14.1 Å². The topological polar surface area (TPSA) is 32.5 Å². The van der Waals surface area contributed by atoms with Gasteiger partial charge in [0.05, 0.1) is 5.39 Å². The van der Waals surface area contributed by atoms with Crippen molar-refractivity contribution in [1.29, 1.82) is 0 Å². The Kier molecular flexibility index (Phi) is 3.03. The summed E-state index contributed by atoms with van der Waals surface area (Å²) in [6.45, 7) is 0. The normalized spacial score (nSPS) is 14.1. The molecule has 0 unspecified atom stereocenters. The fourth-order valence-electron chi connectivity index (χ4n) is 1.63. The summed E-state index contributed by atoms with van der Waals surface area (Å²) in [5.74, 6) is 0.825. The molecule has 4 nitrogen and oxygen atoms in total. The van der Waals surface area contributed by atoms with E-state index in [9.17, 15) is 0 Å². The van der Waals surface area contributed by atoms with E-state index in [1.807, 2.05) is 60.9 Å². The Morgan fingerprint density at radius 3 is 2.81 bits per heavy atom. The molecule has 0 saturated carbocycles. The molecule has 6 heteroatoms.